The van der Waals surface area contributed by atoms with Crippen molar-refractivity contribution in [2.24, 2.45) is 0 Å². The molecular weight excluding hydrogens is 289 g/mol. The molecule has 1 saturated heterocycles. The molecule has 0 atom stereocenters. The molecule has 118 valence electrons. The molecule has 3 nitrogen and oxygen atoms in total. The van der Waals surface area contributed by atoms with Gasteiger partial charge in [0.1, 0.15) is 5.82 Å². The van der Waals surface area contributed by atoms with Gasteiger partial charge in [-0.1, -0.05) is 0 Å². The fourth-order valence-electron chi connectivity index (χ4n) is 3.39. The van der Waals surface area contributed by atoms with Gasteiger partial charge >= 0.3 is 0 Å². The highest BCUT2D eigenvalue weighted by Gasteiger charge is 2.17. The summed E-state index contributed by atoms with van der Waals surface area (Å²) in [6, 6.07) is 10.8. The van der Waals surface area contributed by atoms with Crippen molar-refractivity contribution >= 4 is 16.7 Å². The first-order valence-corrected chi connectivity index (χ1v) is 8.22. The highest BCUT2D eigenvalue weighted by molar-refractivity contribution is 5.93. The minimum Gasteiger partial charge on any atom is -0.370 e. The van der Waals surface area contributed by atoms with Gasteiger partial charge in [-0.2, -0.15) is 0 Å². The van der Waals surface area contributed by atoms with Crippen LogP contribution in [0.3, 0.4) is 0 Å². The number of piperidine rings is 1. The van der Waals surface area contributed by atoms with Crippen molar-refractivity contribution in [3.8, 4) is 11.3 Å². The van der Waals surface area contributed by atoms with Crippen LogP contribution in [-0.4, -0.2) is 23.1 Å². The van der Waals surface area contributed by atoms with Crippen molar-refractivity contribution in [1.29, 1.82) is 0 Å². The molecule has 3 aromatic rings. The van der Waals surface area contributed by atoms with E-state index in [4.69, 9.17) is 0 Å². The Morgan fingerprint density at radius 3 is 2.52 bits per heavy atom. The Morgan fingerprint density at radius 2 is 1.78 bits per heavy atom. The number of anilines is 1. The summed E-state index contributed by atoms with van der Waals surface area (Å²) in [5.41, 5.74) is 6.29. The predicted octanol–water partition coefficient (Wildman–Crippen LogP) is 4.67. The molecule has 1 fully saturated rings. The number of halogens is 1. The standard InChI is InChI=1S/C19H20FN3/c1-13-11-18(23-9-3-2-4-10-23)19-17(21-13)12-16(22-19)14-5-7-15(20)8-6-14/h5-8,11-12,22H,2-4,9-10H2,1H3. The lowest BCUT2D eigenvalue weighted by molar-refractivity contribution is 0.578. The van der Waals surface area contributed by atoms with Crippen molar-refractivity contribution in [1.82, 2.24) is 9.97 Å². The zero-order valence-corrected chi connectivity index (χ0v) is 13.3. The number of rotatable bonds is 2. The number of benzene rings is 1. The van der Waals surface area contributed by atoms with Crippen LogP contribution in [0.5, 0.6) is 0 Å². The first kappa shape index (κ1) is 14.2. The van der Waals surface area contributed by atoms with E-state index in [1.54, 1.807) is 12.1 Å². The van der Waals surface area contributed by atoms with Crippen molar-refractivity contribution < 1.29 is 4.39 Å². The molecule has 0 spiro atoms. The number of nitrogens with zero attached hydrogens (tertiary/aromatic N) is 2. The van der Waals surface area contributed by atoms with Crippen LogP contribution in [0, 0.1) is 12.7 Å². The zero-order chi connectivity index (χ0) is 15.8. The van der Waals surface area contributed by atoms with E-state index in [-0.39, 0.29) is 5.82 Å². The number of nitrogens with one attached hydrogen (secondary N) is 1. The Labute approximate surface area is 135 Å². The van der Waals surface area contributed by atoms with Crippen molar-refractivity contribution in [2.75, 3.05) is 18.0 Å². The lowest BCUT2D eigenvalue weighted by Crippen LogP contribution is -2.29. The normalized spacial score (nSPS) is 15.3. The molecule has 4 heteroatoms. The maximum absolute atomic E-state index is 13.1. The second-order valence-corrected chi connectivity index (χ2v) is 6.28. The van der Waals surface area contributed by atoms with Crippen molar-refractivity contribution in [3.63, 3.8) is 0 Å². The van der Waals surface area contributed by atoms with E-state index in [1.807, 2.05) is 6.92 Å². The summed E-state index contributed by atoms with van der Waals surface area (Å²) in [6.07, 6.45) is 3.80. The maximum Gasteiger partial charge on any atom is 0.123 e. The lowest BCUT2D eigenvalue weighted by atomic mass is 10.1. The minimum absolute atomic E-state index is 0.215. The van der Waals surface area contributed by atoms with E-state index in [0.717, 1.165) is 41.1 Å². The van der Waals surface area contributed by atoms with Gasteiger partial charge < -0.3 is 9.88 Å². The highest BCUT2D eigenvalue weighted by atomic mass is 19.1. The monoisotopic (exact) mass is 309 g/mol. The predicted molar refractivity (Wildman–Crippen MR) is 92.3 cm³/mol. The number of aromatic amines is 1. The molecule has 1 aliphatic heterocycles. The van der Waals surface area contributed by atoms with Crippen molar-refractivity contribution in [3.05, 3.63) is 47.9 Å². The van der Waals surface area contributed by atoms with Gasteiger partial charge in [0.2, 0.25) is 0 Å². The average Bonchev–Trinajstić information content (AvgIpc) is 2.99. The number of hydrogen-bond acceptors (Lipinski definition) is 2. The van der Waals surface area contributed by atoms with Gasteiger partial charge in [0.25, 0.3) is 0 Å². The van der Waals surface area contributed by atoms with Crippen LogP contribution in [-0.2, 0) is 0 Å². The molecule has 0 unspecified atom stereocenters. The van der Waals surface area contributed by atoms with Gasteiger partial charge in [0.15, 0.2) is 0 Å². The first-order chi connectivity index (χ1) is 11.2. The SMILES string of the molecule is Cc1cc(N2CCCCC2)c2[nH]c(-c3ccc(F)cc3)cc2n1. The van der Waals surface area contributed by atoms with E-state index < -0.39 is 0 Å². The highest BCUT2D eigenvalue weighted by Crippen LogP contribution is 2.32. The second-order valence-electron chi connectivity index (χ2n) is 6.28. The number of pyridine rings is 1. The molecule has 3 heterocycles. The molecule has 0 radical (unpaired) electrons. The van der Waals surface area contributed by atoms with Gasteiger partial charge in [-0.25, -0.2) is 4.39 Å². The Balaban J connectivity index is 1.82. The summed E-state index contributed by atoms with van der Waals surface area (Å²) in [5, 5.41) is 0. The third-order valence-corrected chi connectivity index (χ3v) is 4.55. The topological polar surface area (TPSA) is 31.9 Å². The van der Waals surface area contributed by atoms with Crippen LogP contribution in [0.25, 0.3) is 22.3 Å². The third kappa shape index (κ3) is 2.69. The van der Waals surface area contributed by atoms with Crippen LogP contribution in [0.2, 0.25) is 0 Å². The summed E-state index contributed by atoms with van der Waals surface area (Å²) in [6.45, 7) is 4.24. The molecule has 0 aliphatic carbocycles. The lowest BCUT2D eigenvalue weighted by Gasteiger charge is -2.29. The summed E-state index contributed by atoms with van der Waals surface area (Å²) in [4.78, 5) is 10.6. The Morgan fingerprint density at radius 1 is 1.04 bits per heavy atom. The third-order valence-electron chi connectivity index (χ3n) is 4.55. The number of aryl methyl sites for hydroxylation is 1. The zero-order valence-electron chi connectivity index (χ0n) is 13.3. The molecule has 1 aromatic carbocycles. The van der Waals surface area contributed by atoms with E-state index in [1.165, 1.54) is 37.1 Å². The summed E-state index contributed by atoms with van der Waals surface area (Å²) in [5.74, 6) is -0.215. The smallest absolute Gasteiger partial charge is 0.123 e. The first-order valence-electron chi connectivity index (χ1n) is 8.22. The largest absolute Gasteiger partial charge is 0.370 e. The van der Waals surface area contributed by atoms with E-state index in [9.17, 15) is 4.39 Å². The van der Waals surface area contributed by atoms with Crippen LogP contribution in [0.15, 0.2) is 36.4 Å². The summed E-state index contributed by atoms with van der Waals surface area (Å²) >= 11 is 0. The van der Waals surface area contributed by atoms with E-state index in [2.05, 4.69) is 27.0 Å². The summed E-state index contributed by atoms with van der Waals surface area (Å²) in [7, 11) is 0. The molecule has 1 aliphatic rings. The van der Waals surface area contributed by atoms with Crippen LogP contribution in [0.1, 0.15) is 25.0 Å². The van der Waals surface area contributed by atoms with Crippen LogP contribution < -0.4 is 4.90 Å². The Bertz CT molecular complexity index is 830. The van der Waals surface area contributed by atoms with Crippen molar-refractivity contribution in [2.45, 2.75) is 26.2 Å². The maximum atomic E-state index is 13.1. The number of H-pyrrole nitrogens is 1. The van der Waals surface area contributed by atoms with E-state index in [0.29, 0.717) is 0 Å². The van der Waals surface area contributed by atoms with Gasteiger partial charge in [0, 0.05) is 24.5 Å². The molecule has 0 bridgehead atoms. The quantitative estimate of drug-likeness (QED) is 0.746. The number of hydrogen-bond donors (Lipinski definition) is 1. The molecule has 0 amide bonds. The van der Waals surface area contributed by atoms with E-state index >= 15 is 0 Å². The molecule has 23 heavy (non-hydrogen) atoms. The minimum atomic E-state index is -0.215. The van der Waals surface area contributed by atoms with Gasteiger partial charge in [-0.05, 0) is 68.1 Å². The molecule has 0 saturated carbocycles. The van der Waals surface area contributed by atoms with Crippen LogP contribution >= 0.6 is 0 Å². The fourth-order valence-corrected chi connectivity index (χ4v) is 3.39. The van der Waals surface area contributed by atoms with Gasteiger partial charge in [0.05, 0.1) is 16.7 Å². The Hall–Kier alpha value is -2.36. The molecule has 2 aromatic heterocycles. The number of aromatic nitrogens is 2. The second kappa shape index (κ2) is 5.69. The van der Waals surface area contributed by atoms with Gasteiger partial charge in [-0.3, -0.25) is 4.98 Å². The Kier molecular flexibility index (Phi) is 3.52. The molecule has 4 rings (SSSR count). The molecular formula is C19H20FN3. The van der Waals surface area contributed by atoms with Gasteiger partial charge in [-0.15, -0.1) is 0 Å². The molecule has 1 N–H and O–H groups in total. The number of fused-ring (bicyclic) bond motifs is 1. The summed E-state index contributed by atoms with van der Waals surface area (Å²) < 4.78 is 13.1. The van der Waals surface area contributed by atoms with Crippen LogP contribution in [0.4, 0.5) is 10.1 Å². The fraction of sp³-hybridized carbons (Fsp3) is 0.316. The average molecular weight is 309 g/mol.